The van der Waals surface area contributed by atoms with Gasteiger partial charge in [0.15, 0.2) is 0 Å². The lowest BCUT2D eigenvalue weighted by atomic mass is 9.70. The molecule has 0 radical (unpaired) electrons. The first-order valence-corrected chi connectivity index (χ1v) is 6.90. The molecule has 17 heavy (non-hydrogen) atoms. The van der Waals surface area contributed by atoms with Gasteiger partial charge >= 0.3 is 0 Å². The molecule has 3 aliphatic rings. The molecule has 2 nitrogen and oxygen atoms in total. The molecule has 1 aromatic carbocycles. The maximum absolute atomic E-state index is 5.72. The zero-order chi connectivity index (χ0) is 11.7. The van der Waals surface area contributed by atoms with E-state index in [1.165, 1.54) is 37.9 Å². The van der Waals surface area contributed by atoms with Crippen molar-refractivity contribution in [1.29, 1.82) is 0 Å². The van der Waals surface area contributed by atoms with Gasteiger partial charge in [-0.1, -0.05) is 18.2 Å². The molecule has 3 atom stereocenters. The summed E-state index contributed by atoms with van der Waals surface area (Å²) in [6, 6.07) is 11.7. The highest BCUT2D eigenvalue weighted by atomic mass is 15.2. The topological polar surface area (TPSA) is 29.3 Å². The maximum Gasteiger partial charge on any atom is 0.0368 e. The largest absolute Gasteiger partial charge is 0.368 e. The van der Waals surface area contributed by atoms with E-state index in [0.717, 1.165) is 24.4 Å². The Hall–Kier alpha value is -1.02. The van der Waals surface area contributed by atoms with Crippen LogP contribution in [-0.4, -0.2) is 19.1 Å². The first-order valence-electron chi connectivity index (χ1n) is 6.90. The molecule has 1 aromatic rings. The molecule has 1 saturated carbocycles. The first-order chi connectivity index (χ1) is 8.38. The van der Waals surface area contributed by atoms with Crippen LogP contribution in [0.3, 0.4) is 0 Å². The van der Waals surface area contributed by atoms with Crippen molar-refractivity contribution in [1.82, 2.24) is 0 Å². The number of hydrogen-bond donors (Lipinski definition) is 1. The van der Waals surface area contributed by atoms with Gasteiger partial charge in [-0.2, -0.15) is 0 Å². The summed E-state index contributed by atoms with van der Waals surface area (Å²) in [5.74, 6) is 1.77. The van der Waals surface area contributed by atoms with E-state index in [4.69, 9.17) is 5.73 Å². The van der Waals surface area contributed by atoms with E-state index in [1.807, 2.05) is 0 Å². The molecule has 92 valence electrons. The average Bonchev–Trinajstić information content (AvgIpc) is 2.41. The second kappa shape index (κ2) is 4.69. The van der Waals surface area contributed by atoms with E-state index in [0.29, 0.717) is 0 Å². The van der Waals surface area contributed by atoms with Gasteiger partial charge in [0.25, 0.3) is 0 Å². The fourth-order valence-electron chi connectivity index (χ4n) is 3.73. The van der Waals surface area contributed by atoms with Crippen LogP contribution in [0.4, 0.5) is 5.69 Å². The molecule has 2 N–H and O–H groups in total. The summed E-state index contributed by atoms with van der Waals surface area (Å²) < 4.78 is 0. The molecule has 2 aliphatic heterocycles. The van der Waals surface area contributed by atoms with Crippen molar-refractivity contribution in [3.05, 3.63) is 30.3 Å². The van der Waals surface area contributed by atoms with Gasteiger partial charge in [-0.3, -0.25) is 0 Å². The minimum atomic E-state index is 0.763. The van der Waals surface area contributed by atoms with E-state index in [-0.39, 0.29) is 0 Å². The summed E-state index contributed by atoms with van der Waals surface area (Å²) in [5.41, 5.74) is 7.13. The molecule has 0 amide bonds. The van der Waals surface area contributed by atoms with Crippen molar-refractivity contribution in [3.63, 3.8) is 0 Å². The Morgan fingerprint density at radius 3 is 2.65 bits per heavy atom. The van der Waals surface area contributed by atoms with Crippen molar-refractivity contribution in [2.24, 2.45) is 17.6 Å². The molecular weight excluding hydrogens is 208 g/mol. The molecule has 2 heterocycles. The SMILES string of the molecule is NCCC1CC2CCC1CN2c1ccccc1. The van der Waals surface area contributed by atoms with Gasteiger partial charge in [-0.15, -0.1) is 0 Å². The smallest absolute Gasteiger partial charge is 0.0368 e. The van der Waals surface area contributed by atoms with Crippen LogP contribution in [0, 0.1) is 11.8 Å². The third-order valence-electron chi connectivity index (χ3n) is 4.61. The molecule has 2 heteroatoms. The Morgan fingerprint density at radius 1 is 1.18 bits per heavy atom. The summed E-state index contributed by atoms with van der Waals surface area (Å²) in [4.78, 5) is 2.63. The minimum Gasteiger partial charge on any atom is -0.368 e. The number of benzene rings is 1. The minimum absolute atomic E-state index is 0.763. The first kappa shape index (κ1) is 11.1. The lowest BCUT2D eigenvalue weighted by Crippen LogP contribution is -2.52. The molecule has 3 fully saturated rings. The van der Waals surface area contributed by atoms with Crippen molar-refractivity contribution < 1.29 is 0 Å². The van der Waals surface area contributed by atoms with Crippen LogP contribution < -0.4 is 10.6 Å². The van der Waals surface area contributed by atoms with Gasteiger partial charge in [0.2, 0.25) is 0 Å². The molecule has 2 saturated heterocycles. The van der Waals surface area contributed by atoms with Crippen LogP contribution in [0.25, 0.3) is 0 Å². The Balaban J connectivity index is 1.75. The number of para-hydroxylation sites is 1. The Morgan fingerprint density at radius 2 is 2.00 bits per heavy atom. The lowest BCUT2D eigenvalue weighted by molar-refractivity contribution is 0.155. The fourth-order valence-corrected chi connectivity index (χ4v) is 3.73. The van der Waals surface area contributed by atoms with Gasteiger partial charge in [-0.25, -0.2) is 0 Å². The lowest BCUT2D eigenvalue weighted by Gasteiger charge is -2.51. The van der Waals surface area contributed by atoms with Crippen LogP contribution in [-0.2, 0) is 0 Å². The van der Waals surface area contributed by atoms with E-state index >= 15 is 0 Å². The average molecular weight is 230 g/mol. The monoisotopic (exact) mass is 230 g/mol. The number of nitrogens with two attached hydrogens (primary N) is 1. The van der Waals surface area contributed by atoms with Gasteiger partial charge in [0, 0.05) is 18.3 Å². The molecule has 0 spiro atoms. The van der Waals surface area contributed by atoms with E-state index < -0.39 is 0 Å². The quantitative estimate of drug-likeness (QED) is 0.865. The zero-order valence-electron chi connectivity index (χ0n) is 10.4. The van der Waals surface area contributed by atoms with Gasteiger partial charge in [0.05, 0.1) is 0 Å². The van der Waals surface area contributed by atoms with Crippen LogP contribution in [0.15, 0.2) is 30.3 Å². The molecule has 3 unspecified atom stereocenters. The van der Waals surface area contributed by atoms with Gasteiger partial charge < -0.3 is 10.6 Å². The predicted molar refractivity (Wildman–Crippen MR) is 72.1 cm³/mol. The second-order valence-corrected chi connectivity index (χ2v) is 5.55. The van der Waals surface area contributed by atoms with Crippen LogP contribution in [0.1, 0.15) is 25.7 Å². The predicted octanol–water partition coefficient (Wildman–Crippen LogP) is 2.64. The van der Waals surface area contributed by atoms with Crippen molar-refractivity contribution in [2.45, 2.75) is 31.7 Å². The van der Waals surface area contributed by atoms with Crippen molar-refractivity contribution in [2.75, 3.05) is 18.0 Å². The van der Waals surface area contributed by atoms with Crippen molar-refractivity contribution >= 4 is 5.69 Å². The van der Waals surface area contributed by atoms with Crippen LogP contribution in [0.5, 0.6) is 0 Å². The normalized spacial score (nSPS) is 31.8. The van der Waals surface area contributed by atoms with E-state index in [1.54, 1.807) is 0 Å². The molecular formula is C15H22N2. The number of anilines is 1. The Labute approximate surface area is 104 Å². The molecule has 0 aromatic heterocycles. The summed E-state index contributed by atoms with van der Waals surface area (Å²) in [6.45, 7) is 2.11. The summed E-state index contributed by atoms with van der Waals surface area (Å²) >= 11 is 0. The standard InChI is InChI=1S/C15H22N2/c16-9-8-12-10-15-7-6-13(12)11-17(15)14-4-2-1-3-5-14/h1-5,12-13,15H,6-11,16H2. The maximum atomic E-state index is 5.72. The number of piperidine rings is 2. The highest BCUT2D eigenvalue weighted by Crippen LogP contribution is 2.42. The molecule has 4 rings (SSSR count). The number of rotatable bonds is 3. The summed E-state index contributed by atoms with van der Waals surface area (Å²) in [7, 11) is 0. The third kappa shape index (κ3) is 2.06. The zero-order valence-corrected chi connectivity index (χ0v) is 10.4. The highest BCUT2D eigenvalue weighted by molar-refractivity contribution is 5.48. The van der Waals surface area contributed by atoms with Crippen LogP contribution in [0.2, 0.25) is 0 Å². The third-order valence-corrected chi connectivity index (χ3v) is 4.61. The van der Waals surface area contributed by atoms with Crippen LogP contribution >= 0.6 is 0 Å². The highest BCUT2D eigenvalue weighted by Gasteiger charge is 2.39. The fraction of sp³-hybridized carbons (Fsp3) is 0.600. The summed E-state index contributed by atoms with van der Waals surface area (Å²) in [6.07, 6.45) is 5.37. The second-order valence-electron chi connectivity index (χ2n) is 5.55. The number of fused-ring (bicyclic) bond motifs is 3. The Kier molecular flexibility index (Phi) is 3.06. The summed E-state index contributed by atoms with van der Waals surface area (Å²) in [5, 5.41) is 0. The van der Waals surface area contributed by atoms with Gasteiger partial charge in [-0.05, 0) is 56.2 Å². The molecule has 2 bridgehead atoms. The van der Waals surface area contributed by atoms with E-state index in [9.17, 15) is 0 Å². The van der Waals surface area contributed by atoms with Gasteiger partial charge in [0.1, 0.15) is 0 Å². The Bertz CT molecular complexity index is 362. The number of hydrogen-bond acceptors (Lipinski definition) is 2. The molecule has 1 aliphatic carbocycles. The number of nitrogens with zero attached hydrogens (tertiary/aromatic N) is 1. The van der Waals surface area contributed by atoms with Crippen molar-refractivity contribution in [3.8, 4) is 0 Å². The van der Waals surface area contributed by atoms with E-state index in [2.05, 4.69) is 35.2 Å².